The Hall–Kier alpha value is -3.64. The van der Waals surface area contributed by atoms with Gasteiger partial charge in [-0.2, -0.15) is 0 Å². The van der Waals surface area contributed by atoms with E-state index in [1.807, 2.05) is 66.7 Å². The van der Waals surface area contributed by atoms with Crippen LogP contribution in [0.2, 0.25) is 0 Å². The van der Waals surface area contributed by atoms with Gasteiger partial charge in [0.2, 0.25) is 0 Å². The van der Waals surface area contributed by atoms with Crippen molar-refractivity contribution in [3.63, 3.8) is 0 Å². The predicted molar refractivity (Wildman–Crippen MR) is 116 cm³/mol. The van der Waals surface area contributed by atoms with E-state index in [1.54, 1.807) is 12.1 Å². The minimum Gasteiger partial charge on any atom is -0.489 e. The van der Waals surface area contributed by atoms with Gasteiger partial charge in [0.05, 0.1) is 0 Å². The van der Waals surface area contributed by atoms with Crippen molar-refractivity contribution in [2.75, 3.05) is 7.11 Å². The average Bonchev–Trinajstić information content (AvgIpc) is 2.78. The molecule has 0 spiro atoms. The molecule has 3 aromatic carbocycles. The molecule has 3 rings (SSSR count). The maximum atomic E-state index is 12.6. The lowest BCUT2D eigenvalue weighted by Crippen LogP contribution is -2.30. The Balaban J connectivity index is 1.56. The first-order chi connectivity index (χ1) is 14.6. The molecular formula is C24H25N3O3. The number of ether oxygens (including phenoxy) is 2. The van der Waals surface area contributed by atoms with E-state index in [0.717, 1.165) is 22.4 Å². The Bertz CT molecular complexity index is 971. The summed E-state index contributed by atoms with van der Waals surface area (Å²) in [5.74, 6) is 0.510. The Morgan fingerprint density at radius 3 is 2.23 bits per heavy atom. The number of nitrogens with two attached hydrogens (primary N) is 1. The van der Waals surface area contributed by atoms with Crippen molar-refractivity contribution in [3.05, 3.63) is 101 Å². The van der Waals surface area contributed by atoms with Crippen LogP contribution in [0.15, 0.2) is 78.9 Å². The van der Waals surface area contributed by atoms with Gasteiger partial charge in [0.1, 0.15) is 18.2 Å². The van der Waals surface area contributed by atoms with Gasteiger partial charge >= 0.3 is 0 Å². The highest BCUT2D eigenvalue weighted by atomic mass is 16.5. The second kappa shape index (κ2) is 10.2. The van der Waals surface area contributed by atoms with E-state index < -0.39 is 6.10 Å². The summed E-state index contributed by atoms with van der Waals surface area (Å²) in [4.78, 5) is 12.6. The first-order valence-electron chi connectivity index (χ1n) is 9.57. The zero-order chi connectivity index (χ0) is 21.3. The molecular weight excluding hydrogens is 378 g/mol. The van der Waals surface area contributed by atoms with E-state index in [9.17, 15) is 4.79 Å². The summed E-state index contributed by atoms with van der Waals surface area (Å²) in [6, 6.07) is 24.4. The van der Waals surface area contributed by atoms with E-state index in [-0.39, 0.29) is 11.7 Å². The van der Waals surface area contributed by atoms with Crippen molar-refractivity contribution in [2.45, 2.75) is 19.3 Å². The van der Waals surface area contributed by atoms with Crippen molar-refractivity contribution < 1.29 is 14.3 Å². The number of nitrogen functional groups attached to an aromatic ring is 1. The number of rotatable bonds is 9. The van der Waals surface area contributed by atoms with Gasteiger partial charge in [0, 0.05) is 19.2 Å². The van der Waals surface area contributed by atoms with Crippen LogP contribution in [0.4, 0.5) is 0 Å². The van der Waals surface area contributed by atoms with Crippen molar-refractivity contribution in [3.8, 4) is 5.75 Å². The number of benzene rings is 3. The zero-order valence-corrected chi connectivity index (χ0v) is 16.8. The smallest absolute Gasteiger partial charge is 0.254 e. The summed E-state index contributed by atoms with van der Waals surface area (Å²) in [7, 11) is 1.51. The number of hydrogen-bond acceptors (Lipinski definition) is 4. The molecule has 0 fully saturated rings. The van der Waals surface area contributed by atoms with Gasteiger partial charge in [0.25, 0.3) is 5.91 Å². The van der Waals surface area contributed by atoms with Crippen LogP contribution in [0.3, 0.4) is 0 Å². The molecule has 0 radical (unpaired) electrons. The second-order valence-electron chi connectivity index (χ2n) is 6.79. The fraction of sp³-hybridized carbons (Fsp3) is 0.167. The fourth-order valence-corrected chi connectivity index (χ4v) is 2.96. The maximum Gasteiger partial charge on any atom is 0.254 e. The summed E-state index contributed by atoms with van der Waals surface area (Å²) in [6.45, 7) is 0.839. The van der Waals surface area contributed by atoms with Crippen LogP contribution in [-0.2, 0) is 22.7 Å². The molecule has 4 N–H and O–H groups in total. The van der Waals surface area contributed by atoms with Gasteiger partial charge in [-0.15, -0.1) is 0 Å². The van der Waals surface area contributed by atoms with Crippen LogP contribution in [0.1, 0.15) is 28.4 Å². The van der Waals surface area contributed by atoms with Gasteiger partial charge < -0.3 is 20.5 Å². The van der Waals surface area contributed by atoms with Gasteiger partial charge in [0.15, 0.2) is 6.10 Å². The summed E-state index contributed by atoms with van der Waals surface area (Å²) in [5, 5.41) is 10.3. The Morgan fingerprint density at radius 1 is 0.967 bits per heavy atom. The van der Waals surface area contributed by atoms with E-state index in [0.29, 0.717) is 18.7 Å². The minimum absolute atomic E-state index is 0.0150. The summed E-state index contributed by atoms with van der Waals surface area (Å²) >= 11 is 0. The zero-order valence-electron chi connectivity index (χ0n) is 16.8. The molecule has 6 nitrogen and oxygen atoms in total. The molecule has 0 saturated heterocycles. The summed E-state index contributed by atoms with van der Waals surface area (Å²) in [6.07, 6.45) is -0.718. The van der Waals surface area contributed by atoms with Crippen molar-refractivity contribution in [1.29, 1.82) is 5.41 Å². The van der Waals surface area contributed by atoms with Crippen LogP contribution in [0.25, 0.3) is 0 Å². The van der Waals surface area contributed by atoms with Gasteiger partial charge in [-0.25, -0.2) is 0 Å². The highest BCUT2D eigenvalue weighted by Gasteiger charge is 2.19. The molecule has 1 atom stereocenters. The van der Waals surface area contributed by atoms with Crippen LogP contribution >= 0.6 is 0 Å². The Labute approximate surface area is 176 Å². The van der Waals surface area contributed by atoms with Crippen LogP contribution in [0.5, 0.6) is 5.75 Å². The molecule has 0 heterocycles. The number of amidine groups is 1. The first-order valence-corrected chi connectivity index (χ1v) is 9.57. The standard InChI is InChI=1S/C24H25N3O3/c1-29-22(24(28)27-15-17-7-9-20(10-8-17)23(25)26)19-11-13-21(14-12-19)30-16-18-5-3-2-4-6-18/h2-14,22H,15-16H2,1H3,(H3,25,26)(H,27,28)/t22-/m0/s1. The monoisotopic (exact) mass is 403 g/mol. The van der Waals surface area contributed by atoms with E-state index in [2.05, 4.69) is 5.32 Å². The van der Waals surface area contributed by atoms with Crippen LogP contribution in [-0.4, -0.2) is 18.9 Å². The van der Waals surface area contributed by atoms with Crippen LogP contribution < -0.4 is 15.8 Å². The Morgan fingerprint density at radius 2 is 1.63 bits per heavy atom. The quantitative estimate of drug-likeness (QED) is 0.376. The highest BCUT2D eigenvalue weighted by Crippen LogP contribution is 2.21. The van der Waals surface area contributed by atoms with E-state index in [4.69, 9.17) is 20.6 Å². The third kappa shape index (κ3) is 5.68. The number of methoxy groups -OCH3 is 1. The topological polar surface area (TPSA) is 97.4 Å². The van der Waals surface area contributed by atoms with E-state index >= 15 is 0 Å². The molecule has 3 aromatic rings. The first kappa shape index (κ1) is 21.1. The van der Waals surface area contributed by atoms with Crippen molar-refractivity contribution in [2.24, 2.45) is 5.73 Å². The third-order valence-corrected chi connectivity index (χ3v) is 4.64. The predicted octanol–water partition coefficient (Wildman–Crippen LogP) is 3.55. The summed E-state index contributed by atoms with van der Waals surface area (Å²) < 4.78 is 11.2. The molecule has 0 aliphatic carbocycles. The minimum atomic E-state index is -0.718. The normalized spacial score (nSPS) is 11.5. The molecule has 0 saturated carbocycles. The molecule has 0 aliphatic heterocycles. The lowest BCUT2D eigenvalue weighted by Gasteiger charge is -2.16. The average molecular weight is 403 g/mol. The molecule has 0 aliphatic rings. The number of carbonyl (C=O) groups is 1. The lowest BCUT2D eigenvalue weighted by atomic mass is 10.1. The largest absolute Gasteiger partial charge is 0.489 e. The molecule has 0 aromatic heterocycles. The van der Waals surface area contributed by atoms with Crippen LogP contribution in [0, 0.1) is 5.41 Å². The van der Waals surface area contributed by atoms with E-state index in [1.165, 1.54) is 7.11 Å². The van der Waals surface area contributed by atoms with Crippen molar-refractivity contribution >= 4 is 11.7 Å². The number of carbonyl (C=O) groups excluding carboxylic acids is 1. The maximum absolute atomic E-state index is 12.6. The molecule has 30 heavy (non-hydrogen) atoms. The molecule has 154 valence electrons. The molecule has 6 heteroatoms. The number of hydrogen-bond donors (Lipinski definition) is 3. The fourth-order valence-electron chi connectivity index (χ4n) is 2.96. The lowest BCUT2D eigenvalue weighted by molar-refractivity contribution is -0.131. The molecule has 0 unspecified atom stereocenters. The van der Waals surface area contributed by atoms with Gasteiger partial charge in [-0.3, -0.25) is 10.2 Å². The Kier molecular flexibility index (Phi) is 7.19. The van der Waals surface area contributed by atoms with Gasteiger partial charge in [-0.05, 0) is 28.8 Å². The highest BCUT2D eigenvalue weighted by molar-refractivity contribution is 5.94. The number of nitrogens with one attached hydrogen (secondary N) is 2. The van der Waals surface area contributed by atoms with Gasteiger partial charge in [-0.1, -0.05) is 66.7 Å². The molecule has 1 amide bonds. The second-order valence-corrected chi connectivity index (χ2v) is 6.79. The number of amides is 1. The third-order valence-electron chi connectivity index (χ3n) is 4.64. The molecule has 0 bridgehead atoms. The SMILES string of the molecule is CO[C@H](C(=O)NCc1ccc(C(=N)N)cc1)c1ccc(OCc2ccccc2)cc1. The van der Waals surface area contributed by atoms with Crippen molar-refractivity contribution in [1.82, 2.24) is 5.32 Å². The summed E-state index contributed by atoms with van der Waals surface area (Å²) in [5.41, 5.74) is 8.85.